The number of rotatable bonds is 5. The summed E-state index contributed by atoms with van der Waals surface area (Å²) in [7, 11) is 4.34. The maximum absolute atomic E-state index is 5.32. The molecule has 19 heavy (non-hydrogen) atoms. The van der Waals surface area contributed by atoms with Crippen LogP contribution in [0.4, 0.5) is 5.69 Å². The fourth-order valence-electron chi connectivity index (χ4n) is 2.15. The second-order valence-corrected chi connectivity index (χ2v) is 6.63. The zero-order valence-corrected chi connectivity index (χ0v) is 13.4. The Hall–Kier alpha value is -1.13. The van der Waals surface area contributed by atoms with E-state index in [1.165, 1.54) is 10.5 Å². The SMILES string of the molecule is Cc1ccc(NC(=S)NCC(C)(C)C[NH+](C)C)cc1. The number of benzene rings is 1. The maximum atomic E-state index is 5.32. The number of hydrogen-bond acceptors (Lipinski definition) is 1. The minimum absolute atomic E-state index is 0.220. The van der Waals surface area contributed by atoms with Crippen molar-refractivity contribution in [1.29, 1.82) is 0 Å². The molecule has 0 aliphatic carbocycles. The van der Waals surface area contributed by atoms with Crippen molar-refractivity contribution in [2.45, 2.75) is 20.8 Å². The Labute approximate surface area is 122 Å². The second kappa shape index (κ2) is 6.87. The lowest BCUT2D eigenvalue weighted by Crippen LogP contribution is -3.07. The first kappa shape index (κ1) is 15.9. The highest BCUT2D eigenvalue weighted by Crippen LogP contribution is 2.11. The van der Waals surface area contributed by atoms with E-state index in [9.17, 15) is 0 Å². The number of anilines is 1. The average Bonchev–Trinajstić information content (AvgIpc) is 2.28. The summed E-state index contributed by atoms with van der Waals surface area (Å²) in [5.41, 5.74) is 2.50. The first-order valence-corrected chi connectivity index (χ1v) is 7.10. The van der Waals surface area contributed by atoms with Crippen LogP contribution in [-0.2, 0) is 0 Å². The molecule has 3 N–H and O–H groups in total. The van der Waals surface area contributed by atoms with Gasteiger partial charge >= 0.3 is 0 Å². The van der Waals surface area contributed by atoms with Gasteiger partial charge in [-0.1, -0.05) is 31.5 Å². The largest absolute Gasteiger partial charge is 0.362 e. The Kier molecular flexibility index (Phi) is 5.76. The fourth-order valence-corrected chi connectivity index (χ4v) is 2.34. The Morgan fingerprint density at radius 3 is 2.32 bits per heavy atom. The molecule has 0 aliphatic heterocycles. The number of thiocarbonyl (C=S) groups is 1. The van der Waals surface area contributed by atoms with Gasteiger partial charge in [-0.3, -0.25) is 0 Å². The van der Waals surface area contributed by atoms with Crippen LogP contribution in [0.25, 0.3) is 0 Å². The van der Waals surface area contributed by atoms with Crippen molar-refractivity contribution >= 4 is 23.0 Å². The van der Waals surface area contributed by atoms with Gasteiger partial charge in [-0.25, -0.2) is 0 Å². The van der Waals surface area contributed by atoms with Gasteiger partial charge in [0.05, 0.1) is 20.6 Å². The van der Waals surface area contributed by atoms with Gasteiger partial charge < -0.3 is 15.5 Å². The monoisotopic (exact) mass is 280 g/mol. The molecule has 1 aromatic rings. The topological polar surface area (TPSA) is 28.5 Å². The quantitative estimate of drug-likeness (QED) is 0.713. The van der Waals surface area contributed by atoms with Crippen molar-refractivity contribution in [2.75, 3.05) is 32.5 Å². The van der Waals surface area contributed by atoms with Crippen molar-refractivity contribution < 1.29 is 4.90 Å². The molecule has 0 spiro atoms. The number of nitrogens with one attached hydrogen (secondary N) is 3. The summed E-state index contributed by atoms with van der Waals surface area (Å²) in [6.07, 6.45) is 0. The number of hydrogen-bond donors (Lipinski definition) is 3. The highest BCUT2D eigenvalue weighted by Gasteiger charge is 2.21. The predicted octanol–water partition coefficient (Wildman–Crippen LogP) is 1.45. The van der Waals surface area contributed by atoms with Crippen LogP contribution in [0.3, 0.4) is 0 Å². The highest BCUT2D eigenvalue weighted by atomic mass is 32.1. The first-order valence-electron chi connectivity index (χ1n) is 6.69. The summed E-state index contributed by atoms with van der Waals surface area (Å²) in [6, 6.07) is 8.23. The predicted molar refractivity (Wildman–Crippen MR) is 86.9 cm³/mol. The van der Waals surface area contributed by atoms with Gasteiger partial charge in [-0.15, -0.1) is 0 Å². The summed E-state index contributed by atoms with van der Waals surface area (Å²) in [5.74, 6) is 0. The normalized spacial score (nSPS) is 11.5. The lowest BCUT2D eigenvalue weighted by molar-refractivity contribution is -0.865. The molecule has 0 aromatic heterocycles. The first-order chi connectivity index (χ1) is 8.78. The number of aryl methyl sites for hydroxylation is 1. The van der Waals surface area contributed by atoms with Gasteiger partial charge in [0.15, 0.2) is 5.11 Å². The Balaban J connectivity index is 2.41. The van der Waals surface area contributed by atoms with E-state index < -0.39 is 0 Å². The van der Waals surface area contributed by atoms with Gasteiger partial charge in [-0.05, 0) is 31.3 Å². The van der Waals surface area contributed by atoms with Crippen molar-refractivity contribution in [3.63, 3.8) is 0 Å². The molecule has 4 heteroatoms. The molecule has 1 aromatic carbocycles. The van der Waals surface area contributed by atoms with Crippen LogP contribution >= 0.6 is 12.2 Å². The van der Waals surface area contributed by atoms with E-state index in [0.29, 0.717) is 5.11 Å². The molecule has 0 aliphatic rings. The van der Waals surface area contributed by atoms with E-state index >= 15 is 0 Å². The molecule has 0 saturated heterocycles. The standard InChI is InChI=1S/C15H25N3S/c1-12-6-8-13(9-7-12)17-14(19)16-10-15(2,3)11-18(4)5/h6-9H,10-11H2,1-5H3,(H2,16,17,19)/p+1. The van der Waals surface area contributed by atoms with Crippen LogP contribution in [0.2, 0.25) is 0 Å². The van der Waals surface area contributed by atoms with Crippen LogP contribution in [-0.4, -0.2) is 32.3 Å². The lowest BCUT2D eigenvalue weighted by Gasteiger charge is -2.26. The van der Waals surface area contributed by atoms with Gasteiger partial charge in [0.25, 0.3) is 0 Å². The third kappa shape index (κ3) is 6.55. The van der Waals surface area contributed by atoms with Crippen molar-refractivity contribution in [1.82, 2.24) is 5.32 Å². The van der Waals surface area contributed by atoms with E-state index in [0.717, 1.165) is 18.8 Å². The van der Waals surface area contributed by atoms with Crippen molar-refractivity contribution in [2.24, 2.45) is 5.41 Å². The zero-order valence-electron chi connectivity index (χ0n) is 12.6. The molecular weight excluding hydrogens is 254 g/mol. The van der Waals surface area contributed by atoms with Gasteiger partial charge in [0.1, 0.15) is 0 Å². The van der Waals surface area contributed by atoms with Crippen molar-refractivity contribution in [3.8, 4) is 0 Å². The molecule has 3 nitrogen and oxygen atoms in total. The Bertz CT molecular complexity index is 410. The van der Waals surface area contributed by atoms with Crippen LogP contribution in [0.5, 0.6) is 0 Å². The van der Waals surface area contributed by atoms with E-state index in [1.807, 2.05) is 12.1 Å². The minimum Gasteiger partial charge on any atom is -0.362 e. The van der Waals surface area contributed by atoms with Crippen molar-refractivity contribution in [3.05, 3.63) is 29.8 Å². The smallest absolute Gasteiger partial charge is 0.170 e. The third-order valence-electron chi connectivity index (χ3n) is 2.87. The second-order valence-electron chi connectivity index (χ2n) is 6.22. The van der Waals surface area contributed by atoms with Gasteiger partial charge in [0, 0.05) is 17.6 Å². The molecule has 0 atom stereocenters. The van der Waals surface area contributed by atoms with E-state index in [2.05, 4.69) is 57.6 Å². The molecule has 0 radical (unpaired) electrons. The van der Waals surface area contributed by atoms with Crippen LogP contribution in [0.15, 0.2) is 24.3 Å². The molecular formula is C15H26N3S+. The summed E-state index contributed by atoms with van der Waals surface area (Å²) in [4.78, 5) is 1.45. The fraction of sp³-hybridized carbons (Fsp3) is 0.533. The molecule has 0 amide bonds. The zero-order chi connectivity index (χ0) is 14.5. The average molecular weight is 280 g/mol. The van der Waals surface area contributed by atoms with Crippen LogP contribution in [0.1, 0.15) is 19.4 Å². The summed E-state index contributed by atoms with van der Waals surface area (Å²) >= 11 is 5.32. The van der Waals surface area contributed by atoms with Crippen LogP contribution in [0, 0.1) is 12.3 Å². The summed E-state index contributed by atoms with van der Waals surface area (Å²) in [5, 5.41) is 7.19. The number of quaternary nitrogens is 1. The van der Waals surface area contributed by atoms with E-state index in [1.54, 1.807) is 0 Å². The molecule has 0 heterocycles. The van der Waals surface area contributed by atoms with E-state index in [4.69, 9.17) is 12.2 Å². The highest BCUT2D eigenvalue weighted by molar-refractivity contribution is 7.80. The summed E-state index contributed by atoms with van der Waals surface area (Å²) < 4.78 is 0. The van der Waals surface area contributed by atoms with E-state index in [-0.39, 0.29) is 5.41 Å². The Morgan fingerprint density at radius 2 is 1.79 bits per heavy atom. The molecule has 1 rings (SSSR count). The van der Waals surface area contributed by atoms with Gasteiger partial charge in [0.2, 0.25) is 0 Å². The molecule has 0 unspecified atom stereocenters. The molecule has 0 fully saturated rings. The van der Waals surface area contributed by atoms with Crippen LogP contribution < -0.4 is 15.5 Å². The lowest BCUT2D eigenvalue weighted by atomic mass is 9.93. The van der Waals surface area contributed by atoms with Gasteiger partial charge in [-0.2, -0.15) is 0 Å². The Morgan fingerprint density at radius 1 is 1.21 bits per heavy atom. The minimum atomic E-state index is 0.220. The third-order valence-corrected chi connectivity index (χ3v) is 3.12. The molecule has 0 bridgehead atoms. The molecule has 106 valence electrons. The maximum Gasteiger partial charge on any atom is 0.170 e. The summed E-state index contributed by atoms with van der Waals surface area (Å²) in [6.45, 7) is 8.55. The molecule has 0 saturated carbocycles.